The lowest BCUT2D eigenvalue weighted by Gasteiger charge is -2.22. The van der Waals surface area contributed by atoms with Crippen molar-refractivity contribution in [3.63, 3.8) is 0 Å². The fraction of sp³-hybridized carbons (Fsp3) is 0.346. The van der Waals surface area contributed by atoms with Crippen LogP contribution in [0.15, 0.2) is 66.9 Å². The molecular weight excluding hydrogens is 388 g/mol. The van der Waals surface area contributed by atoms with E-state index in [9.17, 15) is 4.79 Å². The maximum atomic E-state index is 12.2. The summed E-state index contributed by atoms with van der Waals surface area (Å²) in [4.78, 5) is 13.6. The molecule has 0 bridgehead atoms. The zero-order valence-electron chi connectivity index (χ0n) is 18.8. The molecule has 3 rings (SSSR count). The smallest absolute Gasteiger partial charge is 0.338 e. The summed E-state index contributed by atoms with van der Waals surface area (Å²) in [6.45, 7) is 6.28. The SMILES string of the molecule is COCCC[NH+](Cc1ccccc1C(=O)OC)Cc1cccn1Cc1ccc(C)cc1. The standard InChI is InChI=1S/C26H32N2O3/c1-21-11-13-22(14-12-21)18-28-16-6-9-24(28)20-27(15-7-17-30-2)19-23-8-4-5-10-25(23)26(29)31-3/h4-6,8-14,16H,7,15,17-20H2,1-3H3/p+1. The largest absolute Gasteiger partial charge is 0.465 e. The van der Waals surface area contributed by atoms with Crippen LogP contribution in [0.2, 0.25) is 0 Å². The molecule has 1 unspecified atom stereocenters. The van der Waals surface area contributed by atoms with E-state index in [1.54, 1.807) is 7.11 Å². The summed E-state index contributed by atoms with van der Waals surface area (Å²) in [5, 5.41) is 0. The minimum absolute atomic E-state index is 0.283. The minimum Gasteiger partial charge on any atom is -0.465 e. The molecule has 2 aromatic carbocycles. The first-order valence-corrected chi connectivity index (χ1v) is 10.8. The second-order valence-electron chi connectivity index (χ2n) is 7.96. The second kappa shape index (κ2) is 11.5. The van der Waals surface area contributed by atoms with Gasteiger partial charge in [0.05, 0.1) is 31.5 Å². The van der Waals surface area contributed by atoms with Gasteiger partial charge in [0.1, 0.15) is 13.1 Å². The van der Waals surface area contributed by atoms with Crippen LogP contribution in [0.5, 0.6) is 0 Å². The number of nitrogens with one attached hydrogen (secondary N) is 1. The molecule has 164 valence electrons. The second-order valence-corrected chi connectivity index (χ2v) is 7.96. The van der Waals surface area contributed by atoms with E-state index in [-0.39, 0.29) is 5.97 Å². The van der Waals surface area contributed by atoms with E-state index in [4.69, 9.17) is 9.47 Å². The fourth-order valence-corrected chi connectivity index (χ4v) is 3.87. The van der Waals surface area contributed by atoms with Crippen LogP contribution in [0.4, 0.5) is 0 Å². The molecule has 1 N–H and O–H groups in total. The summed E-state index contributed by atoms with van der Waals surface area (Å²) >= 11 is 0. The van der Waals surface area contributed by atoms with E-state index in [2.05, 4.69) is 54.1 Å². The molecule has 1 aromatic heterocycles. The van der Waals surface area contributed by atoms with Gasteiger partial charge in [0, 0.05) is 31.8 Å². The average molecular weight is 422 g/mol. The number of esters is 1. The molecule has 5 nitrogen and oxygen atoms in total. The van der Waals surface area contributed by atoms with Gasteiger partial charge in [0.15, 0.2) is 0 Å². The quantitative estimate of drug-likeness (QED) is 0.382. The van der Waals surface area contributed by atoms with Crippen LogP contribution in [0, 0.1) is 6.92 Å². The van der Waals surface area contributed by atoms with Crippen LogP contribution >= 0.6 is 0 Å². The lowest BCUT2D eigenvalue weighted by atomic mass is 10.1. The molecule has 0 fully saturated rings. The van der Waals surface area contributed by atoms with Gasteiger partial charge in [-0.3, -0.25) is 0 Å². The molecule has 0 saturated carbocycles. The summed E-state index contributed by atoms with van der Waals surface area (Å²) in [7, 11) is 3.17. The van der Waals surface area contributed by atoms with Crippen molar-refractivity contribution >= 4 is 5.97 Å². The summed E-state index contributed by atoms with van der Waals surface area (Å²) in [5.41, 5.74) is 5.50. The summed E-state index contributed by atoms with van der Waals surface area (Å²) in [6, 6.07) is 20.7. The van der Waals surface area contributed by atoms with Crippen LogP contribution in [-0.4, -0.2) is 37.9 Å². The molecule has 1 heterocycles. The number of nitrogens with zero attached hydrogens (tertiary/aromatic N) is 1. The van der Waals surface area contributed by atoms with Gasteiger partial charge in [-0.2, -0.15) is 0 Å². The Kier molecular flexibility index (Phi) is 8.44. The van der Waals surface area contributed by atoms with Gasteiger partial charge in [-0.05, 0) is 30.7 Å². The fourth-order valence-electron chi connectivity index (χ4n) is 3.87. The lowest BCUT2D eigenvalue weighted by Crippen LogP contribution is -3.09. The zero-order valence-corrected chi connectivity index (χ0v) is 18.8. The van der Waals surface area contributed by atoms with E-state index in [0.717, 1.165) is 44.8 Å². The minimum atomic E-state index is -0.283. The van der Waals surface area contributed by atoms with Crippen LogP contribution in [0.25, 0.3) is 0 Å². The molecule has 0 aliphatic carbocycles. The first kappa shape index (κ1) is 22.8. The van der Waals surface area contributed by atoms with Gasteiger partial charge in [-0.15, -0.1) is 0 Å². The zero-order chi connectivity index (χ0) is 22.1. The van der Waals surface area contributed by atoms with Crippen LogP contribution in [0.3, 0.4) is 0 Å². The molecule has 5 heteroatoms. The number of quaternary nitrogens is 1. The van der Waals surface area contributed by atoms with Crippen LogP contribution in [0.1, 0.15) is 39.2 Å². The van der Waals surface area contributed by atoms with Crippen molar-refractivity contribution < 1.29 is 19.2 Å². The number of carbonyl (C=O) groups is 1. The van der Waals surface area contributed by atoms with Crippen molar-refractivity contribution in [2.45, 2.75) is 33.0 Å². The topological polar surface area (TPSA) is 44.9 Å². The Morgan fingerprint density at radius 2 is 1.74 bits per heavy atom. The number of carbonyl (C=O) groups excluding carboxylic acids is 1. The third-order valence-corrected chi connectivity index (χ3v) is 5.57. The van der Waals surface area contributed by atoms with Gasteiger partial charge in [0.2, 0.25) is 0 Å². The van der Waals surface area contributed by atoms with Crippen molar-refractivity contribution in [3.8, 4) is 0 Å². The highest BCUT2D eigenvalue weighted by atomic mass is 16.5. The van der Waals surface area contributed by atoms with Crippen molar-refractivity contribution in [1.29, 1.82) is 0 Å². The monoisotopic (exact) mass is 421 g/mol. The van der Waals surface area contributed by atoms with Gasteiger partial charge in [-0.1, -0.05) is 48.0 Å². The molecule has 1 atom stereocenters. The van der Waals surface area contributed by atoms with E-state index in [0.29, 0.717) is 5.56 Å². The Hall–Kier alpha value is -2.89. The number of benzene rings is 2. The van der Waals surface area contributed by atoms with Crippen molar-refractivity contribution in [1.82, 2.24) is 4.57 Å². The van der Waals surface area contributed by atoms with E-state index < -0.39 is 0 Å². The number of hydrogen-bond acceptors (Lipinski definition) is 3. The normalized spacial score (nSPS) is 12.0. The maximum absolute atomic E-state index is 12.2. The number of aryl methyl sites for hydroxylation is 1. The van der Waals surface area contributed by atoms with Gasteiger partial charge in [0.25, 0.3) is 0 Å². The molecule has 0 spiro atoms. The van der Waals surface area contributed by atoms with Crippen molar-refractivity contribution in [2.75, 3.05) is 27.4 Å². The van der Waals surface area contributed by atoms with Gasteiger partial charge in [-0.25, -0.2) is 4.79 Å². The molecular formula is C26H33N2O3+. The summed E-state index contributed by atoms with van der Waals surface area (Å²) in [6.07, 6.45) is 3.11. The molecule has 3 aromatic rings. The van der Waals surface area contributed by atoms with Gasteiger partial charge < -0.3 is 18.9 Å². The average Bonchev–Trinajstić information content (AvgIpc) is 3.21. The molecule has 0 radical (unpaired) electrons. The number of methoxy groups -OCH3 is 2. The van der Waals surface area contributed by atoms with Crippen molar-refractivity contribution in [3.05, 3.63) is 94.8 Å². The highest BCUT2D eigenvalue weighted by Gasteiger charge is 2.18. The predicted molar refractivity (Wildman–Crippen MR) is 122 cm³/mol. The molecule has 0 aliphatic heterocycles. The van der Waals surface area contributed by atoms with E-state index >= 15 is 0 Å². The number of hydrogen-bond donors (Lipinski definition) is 1. The summed E-state index contributed by atoms with van der Waals surface area (Å²) in [5.74, 6) is -0.283. The summed E-state index contributed by atoms with van der Waals surface area (Å²) < 4.78 is 12.6. The first-order valence-electron chi connectivity index (χ1n) is 10.8. The van der Waals surface area contributed by atoms with Crippen LogP contribution < -0.4 is 4.90 Å². The van der Waals surface area contributed by atoms with Gasteiger partial charge >= 0.3 is 5.97 Å². The Morgan fingerprint density at radius 1 is 0.968 bits per heavy atom. The Bertz CT molecular complexity index is 963. The molecule has 0 saturated heterocycles. The third kappa shape index (κ3) is 6.54. The lowest BCUT2D eigenvalue weighted by molar-refractivity contribution is -0.928. The Morgan fingerprint density at radius 3 is 2.48 bits per heavy atom. The molecule has 0 aliphatic rings. The number of aromatic nitrogens is 1. The predicted octanol–water partition coefficient (Wildman–Crippen LogP) is 3.25. The third-order valence-electron chi connectivity index (χ3n) is 5.57. The number of ether oxygens (including phenoxy) is 2. The molecule has 0 amide bonds. The van der Waals surface area contributed by atoms with E-state index in [1.165, 1.54) is 28.8 Å². The first-order chi connectivity index (χ1) is 15.1. The Labute approximate surface area is 185 Å². The molecule has 31 heavy (non-hydrogen) atoms. The number of rotatable bonds is 11. The van der Waals surface area contributed by atoms with Crippen molar-refractivity contribution in [2.24, 2.45) is 0 Å². The maximum Gasteiger partial charge on any atom is 0.338 e. The Balaban J connectivity index is 1.77. The van der Waals surface area contributed by atoms with E-state index in [1.807, 2.05) is 24.3 Å². The highest BCUT2D eigenvalue weighted by Crippen LogP contribution is 2.11. The highest BCUT2D eigenvalue weighted by molar-refractivity contribution is 5.90. The van der Waals surface area contributed by atoms with Crippen LogP contribution in [-0.2, 0) is 29.1 Å².